The van der Waals surface area contributed by atoms with Gasteiger partial charge in [0.2, 0.25) is 0 Å². The second-order valence-corrected chi connectivity index (χ2v) is 4.38. The molecule has 1 amide bonds. The number of anilines is 2. The van der Waals surface area contributed by atoms with Crippen LogP contribution in [0.5, 0.6) is 0 Å². The molecule has 1 aromatic rings. The summed E-state index contributed by atoms with van der Waals surface area (Å²) >= 11 is 0. The second-order valence-electron chi connectivity index (χ2n) is 4.38. The topological polar surface area (TPSA) is 87.4 Å². The van der Waals surface area contributed by atoms with Gasteiger partial charge in [-0.25, -0.2) is 0 Å². The smallest absolute Gasteiger partial charge is 0.251 e. The lowest BCUT2D eigenvalue weighted by atomic mass is 10.1. The Morgan fingerprint density at radius 1 is 1.50 bits per heavy atom. The minimum atomic E-state index is -0.151. The average Bonchev–Trinajstić information content (AvgIpc) is 2.36. The average molecular weight is 251 g/mol. The number of nitrogen functional groups attached to an aromatic ring is 1. The van der Waals surface area contributed by atoms with Crippen LogP contribution in [0.4, 0.5) is 11.4 Å². The molecule has 0 aliphatic heterocycles. The lowest BCUT2D eigenvalue weighted by Crippen LogP contribution is -2.18. The highest BCUT2D eigenvalue weighted by Crippen LogP contribution is 2.20. The largest absolute Gasteiger partial charge is 0.397 e. The van der Waals surface area contributed by atoms with Gasteiger partial charge >= 0.3 is 0 Å². The Kier molecular flexibility index (Phi) is 5.45. The van der Waals surface area contributed by atoms with Gasteiger partial charge in [-0.15, -0.1) is 0 Å². The van der Waals surface area contributed by atoms with Crippen molar-refractivity contribution >= 4 is 17.3 Å². The van der Waals surface area contributed by atoms with Gasteiger partial charge < -0.3 is 21.5 Å². The van der Waals surface area contributed by atoms with Crippen molar-refractivity contribution in [1.82, 2.24) is 5.32 Å². The van der Waals surface area contributed by atoms with Gasteiger partial charge in [-0.3, -0.25) is 4.79 Å². The molecule has 0 saturated carbocycles. The van der Waals surface area contributed by atoms with Crippen LogP contribution in [0.2, 0.25) is 0 Å². The molecule has 0 bridgehead atoms. The van der Waals surface area contributed by atoms with Crippen molar-refractivity contribution in [2.45, 2.75) is 13.3 Å². The van der Waals surface area contributed by atoms with E-state index in [0.29, 0.717) is 17.2 Å². The first kappa shape index (κ1) is 14.3. The van der Waals surface area contributed by atoms with E-state index in [2.05, 4.69) is 17.6 Å². The van der Waals surface area contributed by atoms with E-state index in [1.807, 2.05) is 0 Å². The van der Waals surface area contributed by atoms with Crippen LogP contribution in [0.1, 0.15) is 23.7 Å². The minimum absolute atomic E-state index is 0.151. The van der Waals surface area contributed by atoms with Crippen molar-refractivity contribution in [3.8, 4) is 0 Å². The van der Waals surface area contributed by atoms with E-state index in [-0.39, 0.29) is 12.5 Å². The number of carbonyl (C=O) groups is 1. The van der Waals surface area contributed by atoms with E-state index < -0.39 is 0 Å². The molecule has 5 N–H and O–H groups in total. The van der Waals surface area contributed by atoms with E-state index in [1.54, 1.807) is 25.2 Å². The maximum Gasteiger partial charge on any atom is 0.251 e. The molecule has 1 rings (SSSR count). The molecule has 0 radical (unpaired) electrons. The molecule has 100 valence electrons. The zero-order valence-electron chi connectivity index (χ0n) is 10.9. The maximum absolute atomic E-state index is 11.4. The van der Waals surface area contributed by atoms with Gasteiger partial charge in [0.1, 0.15) is 0 Å². The van der Waals surface area contributed by atoms with E-state index in [0.717, 1.165) is 18.7 Å². The molecular formula is C13H21N3O2. The first-order valence-corrected chi connectivity index (χ1v) is 6.04. The van der Waals surface area contributed by atoms with Gasteiger partial charge in [0, 0.05) is 25.8 Å². The van der Waals surface area contributed by atoms with Gasteiger partial charge in [0.25, 0.3) is 5.91 Å². The first-order valence-electron chi connectivity index (χ1n) is 6.04. The Labute approximate surface area is 107 Å². The molecule has 1 aromatic carbocycles. The minimum Gasteiger partial charge on any atom is -0.397 e. The number of nitrogens with one attached hydrogen (secondary N) is 2. The van der Waals surface area contributed by atoms with Gasteiger partial charge in [0.05, 0.1) is 11.4 Å². The fourth-order valence-corrected chi connectivity index (χ4v) is 1.62. The molecule has 0 heterocycles. The first-order chi connectivity index (χ1) is 8.58. The molecule has 5 heteroatoms. The zero-order chi connectivity index (χ0) is 13.5. The molecule has 0 spiro atoms. The third kappa shape index (κ3) is 3.92. The van der Waals surface area contributed by atoms with Crippen molar-refractivity contribution in [2.75, 3.05) is 31.2 Å². The predicted molar refractivity (Wildman–Crippen MR) is 73.6 cm³/mol. The highest BCUT2D eigenvalue weighted by molar-refractivity contribution is 5.95. The van der Waals surface area contributed by atoms with Gasteiger partial charge in [-0.2, -0.15) is 0 Å². The lowest BCUT2D eigenvalue weighted by Gasteiger charge is -2.14. The van der Waals surface area contributed by atoms with Crippen molar-refractivity contribution in [2.24, 2.45) is 5.92 Å². The van der Waals surface area contributed by atoms with Gasteiger partial charge in [-0.05, 0) is 30.5 Å². The van der Waals surface area contributed by atoms with Crippen LogP contribution in [0.15, 0.2) is 18.2 Å². The number of nitrogens with two attached hydrogens (primary N) is 1. The molecule has 1 atom stereocenters. The third-order valence-electron chi connectivity index (χ3n) is 2.80. The highest BCUT2D eigenvalue weighted by atomic mass is 16.3. The SMILES string of the molecule is CNC(=O)c1ccc(NCC(C)CCO)c(N)c1. The summed E-state index contributed by atoms with van der Waals surface area (Å²) in [6.07, 6.45) is 0.753. The summed E-state index contributed by atoms with van der Waals surface area (Å²) in [7, 11) is 1.58. The predicted octanol–water partition coefficient (Wildman–Crippen LogP) is 1.06. The summed E-state index contributed by atoms with van der Waals surface area (Å²) in [5.74, 6) is 0.218. The number of rotatable bonds is 6. The van der Waals surface area contributed by atoms with E-state index in [4.69, 9.17) is 10.8 Å². The maximum atomic E-state index is 11.4. The number of benzene rings is 1. The summed E-state index contributed by atoms with van der Waals surface area (Å²) in [4.78, 5) is 11.4. The van der Waals surface area contributed by atoms with Crippen molar-refractivity contribution in [3.63, 3.8) is 0 Å². The van der Waals surface area contributed by atoms with Crippen LogP contribution < -0.4 is 16.4 Å². The summed E-state index contributed by atoms with van der Waals surface area (Å²) in [6, 6.07) is 5.18. The Balaban J connectivity index is 2.65. The summed E-state index contributed by atoms with van der Waals surface area (Å²) in [6.45, 7) is 2.98. The number of aliphatic hydroxyl groups excluding tert-OH is 1. The standard InChI is InChI=1S/C13H21N3O2/c1-9(5-6-17)8-16-12-4-3-10(7-11(12)14)13(18)15-2/h3-4,7,9,16-17H,5-6,8,14H2,1-2H3,(H,15,18). The molecule has 0 fully saturated rings. The van der Waals surface area contributed by atoms with E-state index in [1.165, 1.54) is 0 Å². The van der Waals surface area contributed by atoms with Crippen LogP contribution in [0.3, 0.4) is 0 Å². The van der Waals surface area contributed by atoms with Crippen LogP contribution in [0.25, 0.3) is 0 Å². The molecule has 0 saturated heterocycles. The van der Waals surface area contributed by atoms with Crippen LogP contribution in [-0.4, -0.2) is 31.2 Å². The van der Waals surface area contributed by atoms with Crippen LogP contribution in [0, 0.1) is 5.92 Å². The second kappa shape index (κ2) is 6.86. The van der Waals surface area contributed by atoms with E-state index in [9.17, 15) is 4.79 Å². The number of aliphatic hydroxyl groups is 1. The molecule has 0 aliphatic rings. The molecule has 5 nitrogen and oxygen atoms in total. The number of amides is 1. The quantitative estimate of drug-likeness (QED) is 0.569. The van der Waals surface area contributed by atoms with Crippen molar-refractivity contribution in [1.29, 1.82) is 0 Å². The zero-order valence-corrected chi connectivity index (χ0v) is 10.9. The van der Waals surface area contributed by atoms with Crippen LogP contribution in [-0.2, 0) is 0 Å². The lowest BCUT2D eigenvalue weighted by molar-refractivity contribution is 0.0963. The Morgan fingerprint density at radius 2 is 2.22 bits per heavy atom. The van der Waals surface area contributed by atoms with Crippen LogP contribution >= 0.6 is 0 Å². The molecule has 0 aliphatic carbocycles. The van der Waals surface area contributed by atoms with E-state index >= 15 is 0 Å². The Hall–Kier alpha value is -1.75. The monoisotopic (exact) mass is 251 g/mol. The summed E-state index contributed by atoms with van der Waals surface area (Å²) in [5.41, 5.74) is 7.79. The Morgan fingerprint density at radius 3 is 2.78 bits per heavy atom. The van der Waals surface area contributed by atoms with Crippen molar-refractivity contribution in [3.05, 3.63) is 23.8 Å². The molecule has 1 unspecified atom stereocenters. The number of hydrogen-bond acceptors (Lipinski definition) is 4. The fourth-order valence-electron chi connectivity index (χ4n) is 1.62. The Bertz CT molecular complexity index is 407. The van der Waals surface area contributed by atoms with Crippen molar-refractivity contribution < 1.29 is 9.90 Å². The van der Waals surface area contributed by atoms with Gasteiger partial charge in [-0.1, -0.05) is 6.92 Å². The molecular weight excluding hydrogens is 230 g/mol. The summed E-state index contributed by atoms with van der Waals surface area (Å²) in [5, 5.41) is 14.6. The molecule has 0 aromatic heterocycles. The summed E-state index contributed by atoms with van der Waals surface area (Å²) < 4.78 is 0. The number of carbonyl (C=O) groups excluding carboxylic acids is 1. The van der Waals surface area contributed by atoms with Gasteiger partial charge in [0.15, 0.2) is 0 Å². The number of hydrogen-bond donors (Lipinski definition) is 4. The fraction of sp³-hybridized carbons (Fsp3) is 0.462. The normalized spacial score (nSPS) is 11.9. The third-order valence-corrected chi connectivity index (χ3v) is 2.80. The molecule has 18 heavy (non-hydrogen) atoms. The highest BCUT2D eigenvalue weighted by Gasteiger charge is 2.07.